The Labute approximate surface area is 150 Å². The molecule has 2 aromatic carbocycles. The molecule has 2 aliphatic heterocycles. The summed E-state index contributed by atoms with van der Waals surface area (Å²) in [4.78, 5) is 44.4. The van der Waals surface area contributed by atoms with Crippen molar-refractivity contribution in [1.82, 2.24) is 0 Å². The van der Waals surface area contributed by atoms with Gasteiger partial charge in [0, 0.05) is 6.21 Å². The molecule has 3 atom stereocenters. The zero-order valence-corrected chi connectivity index (χ0v) is 14.0. The maximum atomic E-state index is 13.2. The van der Waals surface area contributed by atoms with E-state index in [9.17, 15) is 14.4 Å². The normalized spacial score (nSPS) is 26.9. The van der Waals surface area contributed by atoms with Crippen LogP contribution >= 0.6 is 0 Å². The van der Waals surface area contributed by atoms with Gasteiger partial charge >= 0.3 is 5.97 Å². The van der Waals surface area contributed by atoms with Gasteiger partial charge in [-0.1, -0.05) is 48.5 Å². The number of nitrogens with zero attached hydrogens (tertiary/aromatic N) is 2. The fourth-order valence-corrected chi connectivity index (χ4v) is 3.79. The predicted molar refractivity (Wildman–Crippen MR) is 94.5 cm³/mol. The van der Waals surface area contributed by atoms with Crippen molar-refractivity contribution in [2.24, 2.45) is 16.8 Å². The van der Waals surface area contributed by atoms with E-state index in [2.05, 4.69) is 4.99 Å². The molecule has 0 saturated carbocycles. The molecule has 2 heterocycles. The summed E-state index contributed by atoms with van der Waals surface area (Å²) in [6, 6.07) is 17.5. The minimum atomic E-state index is -1.54. The van der Waals surface area contributed by atoms with Crippen molar-refractivity contribution in [1.29, 1.82) is 0 Å². The van der Waals surface area contributed by atoms with Crippen LogP contribution in [0.1, 0.15) is 5.56 Å². The number of aliphatic imine (C=N–C) groups is 1. The van der Waals surface area contributed by atoms with Gasteiger partial charge < -0.3 is 4.74 Å². The Bertz CT molecular complexity index is 910. The van der Waals surface area contributed by atoms with Gasteiger partial charge in [-0.25, -0.2) is 9.69 Å². The lowest BCUT2D eigenvalue weighted by atomic mass is 9.76. The first kappa shape index (κ1) is 16.2. The third-order valence-corrected chi connectivity index (χ3v) is 4.96. The zero-order chi connectivity index (χ0) is 18.3. The van der Waals surface area contributed by atoms with E-state index in [1.165, 1.54) is 13.3 Å². The number of rotatable bonds is 3. The molecular weight excluding hydrogens is 332 g/mol. The summed E-state index contributed by atoms with van der Waals surface area (Å²) in [5.41, 5.74) is -0.527. The van der Waals surface area contributed by atoms with Crippen molar-refractivity contribution in [2.45, 2.75) is 5.54 Å². The second kappa shape index (κ2) is 5.91. The molecule has 6 heteroatoms. The maximum absolute atomic E-state index is 13.2. The molecule has 0 unspecified atom stereocenters. The highest BCUT2D eigenvalue weighted by Gasteiger charge is 2.65. The number of benzene rings is 2. The third-order valence-electron chi connectivity index (χ3n) is 4.96. The van der Waals surface area contributed by atoms with Crippen LogP contribution in [0.4, 0.5) is 5.69 Å². The lowest BCUT2D eigenvalue weighted by molar-refractivity contribution is -0.151. The van der Waals surface area contributed by atoms with Crippen LogP contribution < -0.4 is 4.90 Å². The fraction of sp³-hybridized carbons (Fsp3) is 0.200. The van der Waals surface area contributed by atoms with Gasteiger partial charge in [-0.15, -0.1) is 0 Å². The van der Waals surface area contributed by atoms with E-state index in [1.807, 2.05) is 6.07 Å². The van der Waals surface area contributed by atoms with Crippen molar-refractivity contribution in [3.63, 3.8) is 0 Å². The Balaban J connectivity index is 1.86. The maximum Gasteiger partial charge on any atom is 0.339 e. The second-order valence-electron chi connectivity index (χ2n) is 6.25. The lowest BCUT2D eigenvalue weighted by Crippen LogP contribution is -2.45. The summed E-state index contributed by atoms with van der Waals surface area (Å²) < 4.78 is 4.99. The van der Waals surface area contributed by atoms with E-state index >= 15 is 0 Å². The molecule has 0 bridgehead atoms. The molecule has 0 aliphatic carbocycles. The Morgan fingerprint density at radius 2 is 1.62 bits per heavy atom. The Morgan fingerprint density at radius 1 is 1.00 bits per heavy atom. The van der Waals surface area contributed by atoms with Crippen molar-refractivity contribution < 1.29 is 19.1 Å². The smallest absolute Gasteiger partial charge is 0.339 e. The van der Waals surface area contributed by atoms with Crippen molar-refractivity contribution >= 4 is 29.7 Å². The number of amides is 2. The largest absolute Gasteiger partial charge is 0.467 e. The van der Waals surface area contributed by atoms with Gasteiger partial charge in [-0.2, -0.15) is 0 Å². The van der Waals surface area contributed by atoms with Crippen molar-refractivity contribution in [3.05, 3.63) is 66.2 Å². The van der Waals surface area contributed by atoms with Gasteiger partial charge in [0.15, 0.2) is 5.54 Å². The van der Waals surface area contributed by atoms with Gasteiger partial charge in [0.25, 0.3) is 0 Å². The standard InChI is InChI=1S/C20H16N2O4/c1-26-19(25)20(13-8-4-2-5-9-13)16-15(12-21-20)17(23)22(18(16)24)14-10-6-3-7-11-14/h2-12,15-16H,1H3/t15-,16+,20+/m1/s1. The molecule has 4 rings (SSSR count). The van der Waals surface area contributed by atoms with E-state index in [0.717, 1.165) is 4.90 Å². The van der Waals surface area contributed by atoms with Crippen molar-refractivity contribution in [2.75, 3.05) is 12.0 Å². The minimum absolute atomic E-state index is 0.378. The zero-order valence-electron chi connectivity index (χ0n) is 14.0. The van der Waals surface area contributed by atoms with E-state index in [0.29, 0.717) is 11.3 Å². The molecule has 26 heavy (non-hydrogen) atoms. The molecule has 130 valence electrons. The highest BCUT2D eigenvalue weighted by atomic mass is 16.5. The number of fused-ring (bicyclic) bond motifs is 1. The third kappa shape index (κ3) is 2.05. The first-order chi connectivity index (χ1) is 12.6. The van der Waals surface area contributed by atoms with Gasteiger partial charge in [0.1, 0.15) is 0 Å². The average Bonchev–Trinajstić information content (AvgIpc) is 3.20. The molecule has 0 spiro atoms. The van der Waals surface area contributed by atoms with Crippen LogP contribution in [0.2, 0.25) is 0 Å². The molecule has 2 aliphatic rings. The highest BCUT2D eigenvalue weighted by Crippen LogP contribution is 2.48. The molecule has 1 saturated heterocycles. The number of hydrogen-bond donors (Lipinski definition) is 0. The van der Waals surface area contributed by atoms with E-state index < -0.39 is 29.3 Å². The Morgan fingerprint density at radius 3 is 2.23 bits per heavy atom. The molecule has 1 fully saturated rings. The van der Waals surface area contributed by atoms with E-state index in [-0.39, 0.29) is 5.91 Å². The summed E-state index contributed by atoms with van der Waals surface area (Å²) in [6.07, 6.45) is 1.41. The number of carbonyl (C=O) groups excluding carboxylic acids is 3. The molecule has 0 aromatic heterocycles. The molecule has 0 N–H and O–H groups in total. The summed E-state index contributed by atoms with van der Waals surface area (Å²) >= 11 is 0. The van der Waals surface area contributed by atoms with E-state index in [1.54, 1.807) is 54.6 Å². The van der Waals surface area contributed by atoms with E-state index in [4.69, 9.17) is 4.74 Å². The van der Waals surface area contributed by atoms with Crippen LogP contribution in [0, 0.1) is 11.8 Å². The van der Waals surface area contributed by atoms with Gasteiger partial charge in [-0.05, 0) is 17.7 Å². The minimum Gasteiger partial charge on any atom is -0.467 e. The second-order valence-corrected chi connectivity index (χ2v) is 6.25. The van der Waals surface area contributed by atoms with Gasteiger partial charge in [-0.3, -0.25) is 14.6 Å². The molecule has 6 nitrogen and oxygen atoms in total. The number of para-hydroxylation sites is 1. The van der Waals surface area contributed by atoms with Crippen LogP contribution in [0.5, 0.6) is 0 Å². The van der Waals surface area contributed by atoms with Crippen molar-refractivity contribution in [3.8, 4) is 0 Å². The molecule has 0 radical (unpaired) electrons. The topological polar surface area (TPSA) is 76.0 Å². The van der Waals surface area contributed by atoms with Crippen LogP contribution in [0.3, 0.4) is 0 Å². The average molecular weight is 348 g/mol. The summed E-state index contributed by atoms with van der Waals surface area (Å²) in [5, 5.41) is 0. The molecule has 2 aromatic rings. The number of esters is 1. The number of ether oxygens (including phenoxy) is 1. The Kier molecular flexibility index (Phi) is 3.68. The highest BCUT2D eigenvalue weighted by molar-refractivity contribution is 6.28. The van der Waals surface area contributed by atoms with Crippen LogP contribution in [0.15, 0.2) is 65.7 Å². The summed E-state index contributed by atoms with van der Waals surface area (Å²) in [5.74, 6) is -3.22. The van der Waals surface area contributed by atoms with Gasteiger partial charge in [0.2, 0.25) is 11.8 Å². The number of methoxy groups -OCH3 is 1. The SMILES string of the molecule is COC(=O)[C@@]1(c2ccccc2)N=C[C@H]2C(=O)N(c3ccccc3)C(=O)[C@H]21. The number of imide groups is 1. The number of anilines is 1. The quantitative estimate of drug-likeness (QED) is 0.627. The Hall–Kier alpha value is -3.28. The monoisotopic (exact) mass is 348 g/mol. The number of carbonyl (C=O) groups is 3. The fourth-order valence-electron chi connectivity index (χ4n) is 3.79. The van der Waals surface area contributed by atoms with Gasteiger partial charge in [0.05, 0.1) is 24.6 Å². The predicted octanol–water partition coefficient (Wildman–Crippen LogP) is 1.95. The molecular formula is C20H16N2O4. The van der Waals surface area contributed by atoms with Crippen LogP contribution in [-0.4, -0.2) is 31.1 Å². The lowest BCUT2D eigenvalue weighted by Gasteiger charge is -2.29. The first-order valence-electron chi connectivity index (χ1n) is 8.23. The summed E-state index contributed by atoms with van der Waals surface area (Å²) in [7, 11) is 1.26. The van der Waals surface area contributed by atoms with Crippen LogP contribution in [0.25, 0.3) is 0 Å². The number of hydrogen-bond acceptors (Lipinski definition) is 5. The summed E-state index contributed by atoms with van der Waals surface area (Å²) in [6.45, 7) is 0. The molecule has 2 amide bonds. The van der Waals surface area contributed by atoms with Crippen LogP contribution in [-0.2, 0) is 24.7 Å². The first-order valence-corrected chi connectivity index (χ1v) is 8.23.